The number of hydrogen-bond acceptors (Lipinski definition) is 4. The van der Waals surface area contributed by atoms with Crippen LogP contribution in [0.4, 0.5) is 0 Å². The van der Waals surface area contributed by atoms with E-state index in [1.807, 2.05) is 0 Å². The molecule has 2 atom stereocenters. The molecule has 1 aromatic rings. The number of carboxylic acid groups (broad SMARTS) is 1. The van der Waals surface area contributed by atoms with Gasteiger partial charge in [0.15, 0.2) is 0 Å². The highest BCUT2D eigenvalue weighted by atomic mass is 16.4. The number of carbonyl (C=O) groups is 2. The number of benzene rings is 1. The summed E-state index contributed by atoms with van der Waals surface area (Å²) in [5.41, 5.74) is 0.651. The first-order chi connectivity index (χ1) is 8.91. The van der Waals surface area contributed by atoms with Crippen molar-refractivity contribution < 1.29 is 24.9 Å². The Labute approximate surface area is 109 Å². The van der Waals surface area contributed by atoms with Gasteiger partial charge < -0.3 is 20.2 Å². The van der Waals surface area contributed by atoms with Gasteiger partial charge >= 0.3 is 5.97 Å². The minimum atomic E-state index is -1.14. The normalized spacial score (nSPS) is 22.5. The van der Waals surface area contributed by atoms with E-state index in [9.17, 15) is 19.8 Å². The third kappa shape index (κ3) is 2.39. The van der Waals surface area contributed by atoms with E-state index in [0.29, 0.717) is 5.56 Å². The van der Waals surface area contributed by atoms with Gasteiger partial charge in [0.1, 0.15) is 11.8 Å². The van der Waals surface area contributed by atoms with Crippen LogP contribution in [0.2, 0.25) is 0 Å². The second-order valence-electron chi connectivity index (χ2n) is 4.65. The molecule has 0 saturated carbocycles. The third-order valence-electron chi connectivity index (χ3n) is 3.36. The molecule has 1 saturated heterocycles. The zero-order chi connectivity index (χ0) is 14.2. The van der Waals surface area contributed by atoms with Crippen molar-refractivity contribution in [2.24, 2.45) is 0 Å². The van der Waals surface area contributed by atoms with Crippen molar-refractivity contribution in [3.8, 4) is 5.75 Å². The molecule has 1 aromatic carbocycles. The molecule has 6 heteroatoms. The number of aliphatic carboxylic acids is 1. The summed E-state index contributed by atoms with van der Waals surface area (Å²) in [6.45, 7) is 1.58. The lowest BCUT2D eigenvalue weighted by molar-refractivity contribution is -0.141. The van der Waals surface area contributed by atoms with Gasteiger partial charge in [-0.15, -0.1) is 0 Å². The standard InChI is InChI=1S/C13H15NO5/c1-7-9(3-2-4-11(7)16)12(17)14-6-8(15)5-10(14)13(18)19/h2-4,8,10,15-16H,5-6H2,1H3,(H,18,19)/t8?,10-/m0/s1. The van der Waals surface area contributed by atoms with Crippen molar-refractivity contribution in [1.29, 1.82) is 0 Å². The summed E-state index contributed by atoms with van der Waals surface area (Å²) in [7, 11) is 0. The fraction of sp³-hybridized carbons (Fsp3) is 0.385. The van der Waals surface area contributed by atoms with Crippen molar-refractivity contribution in [1.82, 2.24) is 4.90 Å². The topological polar surface area (TPSA) is 98.1 Å². The number of phenolic OH excluding ortho intramolecular Hbond substituents is 1. The Morgan fingerprint density at radius 1 is 1.37 bits per heavy atom. The number of carboxylic acids is 1. The van der Waals surface area contributed by atoms with Gasteiger partial charge in [-0.1, -0.05) is 6.07 Å². The summed E-state index contributed by atoms with van der Waals surface area (Å²) in [5.74, 6) is -1.64. The first kappa shape index (κ1) is 13.4. The lowest BCUT2D eigenvalue weighted by Crippen LogP contribution is -2.40. The second-order valence-corrected chi connectivity index (χ2v) is 4.65. The van der Waals surface area contributed by atoms with Crippen LogP contribution in [0.5, 0.6) is 5.75 Å². The van der Waals surface area contributed by atoms with E-state index in [1.54, 1.807) is 6.92 Å². The van der Waals surface area contributed by atoms with Gasteiger partial charge in [-0.3, -0.25) is 4.79 Å². The molecule has 19 heavy (non-hydrogen) atoms. The van der Waals surface area contributed by atoms with Crippen molar-refractivity contribution in [2.45, 2.75) is 25.5 Å². The molecule has 0 bridgehead atoms. The van der Waals surface area contributed by atoms with E-state index >= 15 is 0 Å². The Balaban J connectivity index is 2.33. The number of β-amino-alcohol motifs (C(OH)–C–C–N with tert-alkyl or cyclic N) is 1. The van der Waals surface area contributed by atoms with Crippen LogP contribution in [0.15, 0.2) is 18.2 Å². The van der Waals surface area contributed by atoms with Crippen molar-refractivity contribution in [2.75, 3.05) is 6.54 Å². The van der Waals surface area contributed by atoms with E-state index < -0.39 is 24.0 Å². The molecule has 1 heterocycles. The Bertz CT molecular complexity index is 528. The van der Waals surface area contributed by atoms with Crippen molar-refractivity contribution in [3.63, 3.8) is 0 Å². The van der Waals surface area contributed by atoms with Crippen LogP contribution in [0, 0.1) is 6.92 Å². The molecule has 1 unspecified atom stereocenters. The molecule has 3 N–H and O–H groups in total. The highest BCUT2D eigenvalue weighted by molar-refractivity contribution is 5.98. The molecule has 6 nitrogen and oxygen atoms in total. The molecular formula is C13H15NO5. The number of amides is 1. The second kappa shape index (κ2) is 4.89. The summed E-state index contributed by atoms with van der Waals surface area (Å²) >= 11 is 0. The number of hydrogen-bond donors (Lipinski definition) is 3. The summed E-state index contributed by atoms with van der Waals surface area (Å²) < 4.78 is 0. The average molecular weight is 265 g/mol. The van der Waals surface area contributed by atoms with Gasteiger partial charge in [-0.2, -0.15) is 0 Å². The predicted molar refractivity (Wildman–Crippen MR) is 65.9 cm³/mol. The molecule has 1 aliphatic rings. The highest BCUT2D eigenvalue weighted by Crippen LogP contribution is 2.25. The fourth-order valence-corrected chi connectivity index (χ4v) is 2.28. The van der Waals surface area contributed by atoms with Crippen LogP contribution in [-0.2, 0) is 4.79 Å². The summed E-state index contributed by atoms with van der Waals surface area (Å²) in [6, 6.07) is 3.49. The molecule has 1 fully saturated rings. The maximum atomic E-state index is 12.3. The summed E-state index contributed by atoms with van der Waals surface area (Å²) in [5, 5.41) is 28.2. The average Bonchev–Trinajstić information content (AvgIpc) is 2.74. The minimum absolute atomic E-state index is 0.00903. The number of carbonyl (C=O) groups excluding carboxylic acids is 1. The van der Waals surface area contributed by atoms with Crippen LogP contribution in [0.25, 0.3) is 0 Å². The number of phenols is 1. The van der Waals surface area contributed by atoms with Crippen LogP contribution >= 0.6 is 0 Å². The molecule has 0 spiro atoms. The number of nitrogens with zero attached hydrogens (tertiary/aromatic N) is 1. The van der Waals surface area contributed by atoms with Gasteiger partial charge in [0.2, 0.25) is 0 Å². The Morgan fingerprint density at radius 2 is 2.05 bits per heavy atom. The van der Waals surface area contributed by atoms with Gasteiger partial charge in [0.25, 0.3) is 5.91 Å². The first-order valence-corrected chi connectivity index (χ1v) is 5.92. The molecule has 1 amide bonds. The van der Waals surface area contributed by atoms with Gasteiger partial charge in [0, 0.05) is 24.1 Å². The molecule has 2 rings (SSSR count). The highest BCUT2D eigenvalue weighted by Gasteiger charge is 2.39. The molecule has 1 aliphatic heterocycles. The van der Waals surface area contributed by atoms with Crippen molar-refractivity contribution in [3.05, 3.63) is 29.3 Å². The van der Waals surface area contributed by atoms with Crippen LogP contribution < -0.4 is 0 Å². The van der Waals surface area contributed by atoms with E-state index in [2.05, 4.69) is 0 Å². The number of aromatic hydroxyl groups is 1. The van der Waals surface area contributed by atoms with Gasteiger partial charge in [0.05, 0.1) is 6.10 Å². The first-order valence-electron chi connectivity index (χ1n) is 5.92. The number of rotatable bonds is 2. The third-order valence-corrected chi connectivity index (χ3v) is 3.36. The smallest absolute Gasteiger partial charge is 0.326 e. The monoisotopic (exact) mass is 265 g/mol. The van der Waals surface area contributed by atoms with Gasteiger partial charge in [-0.25, -0.2) is 4.79 Å². The maximum absolute atomic E-state index is 12.3. The molecule has 0 aliphatic carbocycles. The lowest BCUT2D eigenvalue weighted by Gasteiger charge is -2.22. The molecular weight excluding hydrogens is 250 g/mol. The SMILES string of the molecule is Cc1c(O)cccc1C(=O)N1CC(O)C[C@H]1C(=O)O. The Morgan fingerprint density at radius 3 is 2.68 bits per heavy atom. The Hall–Kier alpha value is -2.08. The van der Waals surface area contributed by atoms with E-state index in [-0.39, 0.29) is 24.3 Å². The van der Waals surface area contributed by atoms with E-state index in [4.69, 9.17) is 5.11 Å². The van der Waals surface area contributed by atoms with Crippen LogP contribution in [-0.4, -0.2) is 50.8 Å². The zero-order valence-corrected chi connectivity index (χ0v) is 10.4. The summed E-state index contributed by atoms with van der Waals surface area (Å²) in [6.07, 6.45) is -0.804. The lowest BCUT2D eigenvalue weighted by atomic mass is 10.1. The molecule has 102 valence electrons. The largest absolute Gasteiger partial charge is 0.508 e. The Kier molecular flexibility index (Phi) is 3.44. The quantitative estimate of drug-likeness (QED) is 0.717. The summed E-state index contributed by atoms with van der Waals surface area (Å²) in [4.78, 5) is 24.5. The fourth-order valence-electron chi connectivity index (χ4n) is 2.28. The van der Waals surface area contributed by atoms with E-state index in [0.717, 1.165) is 4.90 Å². The zero-order valence-electron chi connectivity index (χ0n) is 10.4. The number of aliphatic hydroxyl groups excluding tert-OH is 1. The number of likely N-dealkylation sites (tertiary alicyclic amines) is 1. The van der Waals surface area contributed by atoms with Crippen molar-refractivity contribution >= 4 is 11.9 Å². The van der Waals surface area contributed by atoms with E-state index in [1.165, 1.54) is 18.2 Å². The minimum Gasteiger partial charge on any atom is -0.508 e. The van der Waals surface area contributed by atoms with Crippen LogP contribution in [0.3, 0.4) is 0 Å². The molecule has 0 aromatic heterocycles. The van der Waals surface area contributed by atoms with Gasteiger partial charge in [-0.05, 0) is 19.1 Å². The molecule has 0 radical (unpaired) electrons. The maximum Gasteiger partial charge on any atom is 0.326 e. The van der Waals surface area contributed by atoms with Crippen LogP contribution in [0.1, 0.15) is 22.3 Å². The number of aliphatic hydroxyl groups is 1. The predicted octanol–water partition coefficient (Wildman–Crippen LogP) is 0.361.